The van der Waals surface area contributed by atoms with E-state index in [2.05, 4.69) is 17.6 Å². The number of aliphatic hydroxyl groups is 1. The molecule has 82 valence electrons. The highest BCUT2D eigenvalue weighted by molar-refractivity contribution is 7.80. The van der Waals surface area contributed by atoms with E-state index >= 15 is 0 Å². The van der Waals surface area contributed by atoms with Crippen LogP contribution >= 0.6 is 12.2 Å². The van der Waals surface area contributed by atoms with Gasteiger partial charge in [-0.2, -0.15) is 0 Å². The molecule has 3 N–H and O–H groups in total. The molecule has 3 nitrogen and oxygen atoms in total. The van der Waals surface area contributed by atoms with Crippen molar-refractivity contribution < 1.29 is 5.11 Å². The summed E-state index contributed by atoms with van der Waals surface area (Å²) in [6, 6.07) is 0.532. The van der Waals surface area contributed by atoms with Gasteiger partial charge in [-0.15, -0.1) is 0 Å². The molecule has 0 atom stereocenters. The molecule has 1 aliphatic rings. The summed E-state index contributed by atoms with van der Waals surface area (Å²) >= 11 is 5.10. The molecular weight excluding hydrogens is 196 g/mol. The molecular formula is C10H20N2OS. The number of rotatable bonds is 3. The second kappa shape index (κ2) is 6.19. The summed E-state index contributed by atoms with van der Waals surface area (Å²) in [4.78, 5) is 0. The standard InChI is InChI=1S/C10H20N2OS/c1-8-2-4-9(5-3-8)12-10(14)11-6-7-13/h8-9,13H,2-7H2,1H3,(H2,11,12,14). The second-order valence-electron chi connectivity index (χ2n) is 4.08. The van der Waals surface area contributed by atoms with Gasteiger partial charge < -0.3 is 15.7 Å². The van der Waals surface area contributed by atoms with Crippen molar-refractivity contribution in [2.75, 3.05) is 13.2 Å². The monoisotopic (exact) mass is 216 g/mol. The van der Waals surface area contributed by atoms with Crippen molar-refractivity contribution in [2.45, 2.75) is 38.6 Å². The fourth-order valence-corrected chi connectivity index (χ4v) is 2.08. The van der Waals surface area contributed by atoms with Gasteiger partial charge >= 0.3 is 0 Å². The zero-order valence-electron chi connectivity index (χ0n) is 8.75. The topological polar surface area (TPSA) is 44.3 Å². The number of nitrogens with one attached hydrogen (secondary N) is 2. The zero-order chi connectivity index (χ0) is 10.4. The highest BCUT2D eigenvalue weighted by atomic mass is 32.1. The lowest BCUT2D eigenvalue weighted by atomic mass is 9.87. The summed E-state index contributed by atoms with van der Waals surface area (Å²) in [5.74, 6) is 0.868. The molecule has 0 bridgehead atoms. The number of aliphatic hydroxyl groups excluding tert-OH is 1. The van der Waals surface area contributed by atoms with Gasteiger partial charge in [-0.25, -0.2) is 0 Å². The van der Waals surface area contributed by atoms with Crippen LogP contribution in [0.5, 0.6) is 0 Å². The Bertz CT molecular complexity index is 179. The van der Waals surface area contributed by atoms with Gasteiger partial charge in [-0.3, -0.25) is 0 Å². The van der Waals surface area contributed by atoms with Crippen LogP contribution in [0, 0.1) is 5.92 Å². The molecule has 0 amide bonds. The van der Waals surface area contributed by atoms with Crippen LogP contribution in [-0.4, -0.2) is 29.4 Å². The van der Waals surface area contributed by atoms with Crippen LogP contribution in [0.1, 0.15) is 32.6 Å². The number of hydrogen-bond donors (Lipinski definition) is 3. The van der Waals surface area contributed by atoms with Crippen molar-refractivity contribution in [1.29, 1.82) is 0 Å². The average Bonchev–Trinajstić information content (AvgIpc) is 2.18. The molecule has 1 rings (SSSR count). The molecule has 0 aromatic rings. The first-order valence-corrected chi connectivity index (χ1v) is 5.78. The highest BCUT2D eigenvalue weighted by Crippen LogP contribution is 2.23. The van der Waals surface area contributed by atoms with Crippen molar-refractivity contribution in [1.82, 2.24) is 10.6 Å². The van der Waals surface area contributed by atoms with Gasteiger partial charge in [-0.1, -0.05) is 6.92 Å². The first-order chi connectivity index (χ1) is 6.72. The SMILES string of the molecule is CC1CCC(NC(=S)NCCO)CC1. The fraction of sp³-hybridized carbons (Fsp3) is 0.900. The maximum absolute atomic E-state index is 8.61. The van der Waals surface area contributed by atoms with Crippen LogP contribution in [0.25, 0.3) is 0 Å². The minimum atomic E-state index is 0.128. The number of thiocarbonyl (C=S) groups is 1. The predicted molar refractivity (Wildman–Crippen MR) is 62.2 cm³/mol. The third-order valence-electron chi connectivity index (χ3n) is 2.75. The van der Waals surface area contributed by atoms with Crippen LogP contribution < -0.4 is 10.6 Å². The Kier molecular flexibility index (Phi) is 5.19. The van der Waals surface area contributed by atoms with Crippen molar-refractivity contribution >= 4 is 17.3 Å². The quantitative estimate of drug-likeness (QED) is 0.616. The third kappa shape index (κ3) is 4.24. The summed E-state index contributed by atoms with van der Waals surface area (Å²) in [6.07, 6.45) is 5.00. The Morgan fingerprint density at radius 2 is 2.00 bits per heavy atom. The normalized spacial score (nSPS) is 27.0. The van der Waals surface area contributed by atoms with E-state index in [1.54, 1.807) is 0 Å². The van der Waals surface area contributed by atoms with E-state index in [1.165, 1.54) is 25.7 Å². The Balaban J connectivity index is 2.14. The maximum Gasteiger partial charge on any atom is 0.166 e. The smallest absolute Gasteiger partial charge is 0.166 e. The lowest BCUT2D eigenvalue weighted by Crippen LogP contribution is -2.44. The third-order valence-corrected chi connectivity index (χ3v) is 3.01. The van der Waals surface area contributed by atoms with Gasteiger partial charge in [0.1, 0.15) is 0 Å². The van der Waals surface area contributed by atoms with Crippen LogP contribution in [0.3, 0.4) is 0 Å². The first-order valence-electron chi connectivity index (χ1n) is 5.37. The summed E-state index contributed by atoms with van der Waals surface area (Å²) < 4.78 is 0. The minimum Gasteiger partial charge on any atom is -0.395 e. The van der Waals surface area contributed by atoms with Crippen LogP contribution in [0.15, 0.2) is 0 Å². The fourth-order valence-electron chi connectivity index (χ4n) is 1.81. The highest BCUT2D eigenvalue weighted by Gasteiger charge is 2.18. The summed E-state index contributed by atoms with van der Waals surface area (Å²) in [5, 5.41) is 15.5. The van der Waals surface area contributed by atoms with Crippen LogP contribution in [0.4, 0.5) is 0 Å². The van der Waals surface area contributed by atoms with Crippen molar-refractivity contribution in [3.05, 3.63) is 0 Å². The molecule has 1 aliphatic carbocycles. The van der Waals surface area contributed by atoms with Gasteiger partial charge in [0.2, 0.25) is 0 Å². The molecule has 0 spiro atoms. The molecule has 0 aromatic carbocycles. The Morgan fingerprint density at radius 1 is 1.36 bits per heavy atom. The van der Waals surface area contributed by atoms with Gasteiger partial charge in [-0.05, 0) is 43.8 Å². The predicted octanol–water partition coefficient (Wildman–Crippen LogP) is 1.02. The molecule has 0 aromatic heterocycles. The van der Waals surface area contributed by atoms with Crippen molar-refractivity contribution in [2.24, 2.45) is 5.92 Å². The molecule has 1 saturated carbocycles. The van der Waals surface area contributed by atoms with E-state index < -0.39 is 0 Å². The number of hydrogen-bond acceptors (Lipinski definition) is 2. The van der Waals surface area contributed by atoms with E-state index in [9.17, 15) is 0 Å². The lowest BCUT2D eigenvalue weighted by molar-refractivity contribution is 0.298. The molecule has 4 heteroatoms. The van der Waals surface area contributed by atoms with Gasteiger partial charge in [0, 0.05) is 12.6 Å². The molecule has 1 fully saturated rings. The van der Waals surface area contributed by atoms with Crippen LogP contribution in [0.2, 0.25) is 0 Å². The largest absolute Gasteiger partial charge is 0.395 e. The molecule has 0 radical (unpaired) electrons. The molecule has 0 aliphatic heterocycles. The average molecular weight is 216 g/mol. The maximum atomic E-state index is 8.61. The summed E-state index contributed by atoms with van der Waals surface area (Å²) in [6.45, 7) is 2.97. The Morgan fingerprint density at radius 3 is 2.57 bits per heavy atom. The first kappa shape index (κ1) is 11.7. The van der Waals surface area contributed by atoms with E-state index in [0.29, 0.717) is 17.7 Å². The molecule has 0 unspecified atom stereocenters. The Hall–Kier alpha value is -0.350. The zero-order valence-corrected chi connectivity index (χ0v) is 9.57. The van der Waals surface area contributed by atoms with Crippen molar-refractivity contribution in [3.63, 3.8) is 0 Å². The molecule has 0 saturated heterocycles. The van der Waals surface area contributed by atoms with Gasteiger partial charge in [0.15, 0.2) is 5.11 Å². The van der Waals surface area contributed by atoms with E-state index in [-0.39, 0.29) is 6.61 Å². The van der Waals surface area contributed by atoms with E-state index in [4.69, 9.17) is 17.3 Å². The second-order valence-corrected chi connectivity index (χ2v) is 4.49. The minimum absolute atomic E-state index is 0.128. The van der Waals surface area contributed by atoms with Gasteiger partial charge in [0.05, 0.1) is 6.61 Å². The lowest BCUT2D eigenvalue weighted by Gasteiger charge is -2.27. The summed E-state index contributed by atoms with van der Waals surface area (Å²) in [7, 11) is 0. The van der Waals surface area contributed by atoms with E-state index in [1.807, 2.05) is 0 Å². The van der Waals surface area contributed by atoms with E-state index in [0.717, 1.165) is 5.92 Å². The van der Waals surface area contributed by atoms with Gasteiger partial charge in [0.25, 0.3) is 0 Å². The Labute approximate surface area is 91.3 Å². The molecule has 14 heavy (non-hydrogen) atoms. The summed E-state index contributed by atoms with van der Waals surface area (Å²) in [5.41, 5.74) is 0. The van der Waals surface area contributed by atoms with Crippen LogP contribution in [-0.2, 0) is 0 Å². The van der Waals surface area contributed by atoms with Crippen molar-refractivity contribution in [3.8, 4) is 0 Å². The molecule has 0 heterocycles.